The first kappa shape index (κ1) is 13.3. The summed E-state index contributed by atoms with van der Waals surface area (Å²) in [5, 5.41) is 2.05. The summed E-state index contributed by atoms with van der Waals surface area (Å²) in [5.41, 5.74) is 5.82. The van der Waals surface area contributed by atoms with Crippen molar-refractivity contribution in [2.45, 2.75) is 38.9 Å². The summed E-state index contributed by atoms with van der Waals surface area (Å²) in [6, 6.07) is 4.34. The van der Waals surface area contributed by atoms with Crippen LogP contribution in [0.1, 0.15) is 25.1 Å². The molecule has 0 spiro atoms. The lowest BCUT2D eigenvalue weighted by Gasteiger charge is -2.28. The highest BCUT2D eigenvalue weighted by Gasteiger charge is 2.28. The van der Waals surface area contributed by atoms with E-state index in [9.17, 15) is 4.79 Å². The van der Waals surface area contributed by atoms with Gasteiger partial charge in [-0.25, -0.2) is 0 Å². The molecule has 2 atom stereocenters. The second-order valence-electron chi connectivity index (χ2n) is 5.03. The zero-order valence-corrected chi connectivity index (χ0v) is 11.7. The molecular formula is C14H20N2OS. The molecule has 0 aromatic carbocycles. The van der Waals surface area contributed by atoms with E-state index < -0.39 is 0 Å². The summed E-state index contributed by atoms with van der Waals surface area (Å²) < 4.78 is 0. The second-order valence-corrected chi connectivity index (χ2v) is 6.06. The Morgan fingerprint density at radius 1 is 1.56 bits per heavy atom. The Balaban J connectivity index is 2.06. The van der Waals surface area contributed by atoms with Gasteiger partial charge in [-0.3, -0.25) is 4.79 Å². The van der Waals surface area contributed by atoms with Gasteiger partial charge in [0.05, 0.1) is 12.5 Å². The number of rotatable bonds is 4. The van der Waals surface area contributed by atoms with E-state index in [0.717, 1.165) is 6.42 Å². The number of amides is 1. The third-order valence-electron chi connectivity index (χ3n) is 3.25. The second kappa shape index (κ2) is 5.67. The molecule has 0 saturated carbocycles. The molecule has 1 amide bonds. The van der Waals surface area contributed by atoms with Crippen LogP contribution in [0.25, 0.3) is 0 Å². The van der Waals surface area contributed by atoms with Crippen LogP contribution in [0, 0.1) is 5.92 Å². The van der Waals surface area contributed by atoms with Gasteiger partial charge in [-0.05, 0) is 31.7 Å². The molecule has 18 heavy (non-hydrogen) atoms. The van der Waals surface area contributed by atoms with Crippen molar-refractivity contribution >= 4 is 17.2 Å². The number of carbonyl (C=O) groups is 1. The monoisotopic (exact) mass is 264 g/mol. The van der Waals surface area contributed by atoms with Gasteiger partial charge in [0.2, 0.25) is 5.91 Å². The molecule has 2 unspecified atom stereocenters. The van der Waals surface area contributed by atoms with Crippen molar-refractivity contribution in [1.29, 1.82) is 0 Å². The number of hydrogen-bond donors (Lipinski definition) is 1. The summed E-state index contributed by atoms with van der Waals surface area (Å²) in [6.45, 7) is 4.82. The van der Waals surface area contributed by atoms with Crippen molar-refractivity contribution in [3.63, 3.8) is 0 Å². The van der Waals surface area contributed by atoms with Gasteiger partial charge in [-0.1, -0.05) is 18.2 Å². The van der Waals surface area contributed by atoms with Gasteiger partial charge in [0, 0.05) is 17.0 Å². The van der Waals surface area contributed by atoms with Crippen molar-refractivity contribution in [1.82, 2.24) is 4.90 Å². The highest BCUT2D eigenvalue weighted by atomic mass is 32.1. The lowest BCUT2D eigenvalue weighted by molar-refractivity contribution is -0.136. The number of thiophene rings is 1. The number of carbonyl (C=O) groups excluding carboxylic acids is 1. The van der Waals surface area contributed by atoms with E-state index in [-0.39, 0.29) is 23.9 Å². The minimum atomic E-state index is -0.0395. The molecule has 1 aromatic heterocycles. The summed E-state index contributed by atoms with van der Waals surface area (Å²) in [6.07, 6.45) is 4.63. The number of nitrogens with zero attached hydrogens (tertiary/aromatic N) is 1. The van der Waals surface area contributed by atoms with E-state index in [1.165, 1.54) is 4.88 Å². The minimum absolute atomic E-state index is 0.0368. The van der Waals surface area contributed by atoms with E-state index in [2.05, 4.69) is 19.9 Å². The fraction of sp³-hybridized carbons (Fsp3) is 0.500. The Morgan fingerprint density at radius 3 is 2.83 bits per heavy atom. The molecule has 2 N–H and O–H groups in total. The van der Waals surface area contributed by atoms with Crippen molar-refractivity contribution in [3.8, 4) is 0 Å². The number of nitrogens with two attached hydrogens (primary N) is 1. The van der Waals surface area contributed by atoms with Crippen molar-refractivity contribution < 1.29 is 4.79 Å². The van der Waals surface area contributed by atoms with Gasteiger partial charge in [-0.2, -0.15) is 0 Å². The van der Waals surface area contributed by atoms with Crippen LogP contribution in [0.5, 0.6) is 0 Å². The largest absolute Gasteiger partial charge is 0.335 e. The summed E-state index contributed by atoms with van der Waals surface area (Å²) in [7, 11) is 0. The third-order valence-corrected chi connectivity index (χ3v) is 4.11. The van der Waals surface area contributed by atoms with Crippen LogP contribution in [0.15, 0.2) is 29.7 Å². The maximum Gasteiger partial charge on any atom is 0.230 e. The van der Waals surface area contributed by atoms with Crippen molar-refractivity contribution in [2.24, 2.45) is 11.7 Å². The summed E-state index contributed by atoms with van der Waals surface area (Å²) in [4.78, 5) is 15.7. The average molecular weight is 264 g/mol. The average Bonchev–Trinajstić information content (AvgIpc) is 2.95. The first-order valence-electron chi connectivity index (χ1n) is 6.34. The van der Waals surface area contributed by atoms with Crippen LogP contribution < -0.4 is 5.73 Å². The molecule has 0 aliphatic heterocycles. The molecule has 0 bridgehead atoms. The molecular weight excluding hydrogens is 244 g/mol. The van der Waals surface area contributed by atoms with Crippen LogP contribution in [-0.2, 0) is 11.3 Å². The predicted molar refractivity (Wildman–Crippen MR) is 75.2 cm³/mol. The molecule has 4 heteroatoms. The third kappa shape index (κ3) is 3.00. The maximum absolute atomic E-state index is 12.5. The quantitative estimate of drug-likeness (QED) is 0.849. The fourth-order valence-corrected chi connectivity index (χ4v) is 2.91. The molecule has 1 aliphatic rings. The SMILES string of the molecule is CC(C)N(Cc1cccs1)C(=O)C1C=CC(N)C1. The molecule has 0 saturated heterocycles. The zero-order valence-electron chi connectivity index (χ0n) is 10.9. The Labute approximate surface area is 112 Å². The smallest absolute Gasteiger partial charge is 0.230 e. The van der Waals surface area contributed by atoms with Crippen molar-refractivity contribution in [2.75, 3.05) is 0 Å². The van der Waals surface area contributed by atoms with E-state index in [1.54, 1.807) is 11.3 Å². The minimum Gasteiger partial charge on any atom is -0.335 e. The van der Waals surface area contributed by atoms with Gasteiger partial charge in [0.25, 0.3) is 0 Å². The van der Waals surface area contributed by atoms with Crippen LogP contribution in [0.4, 0.5) is 0 Å². The normalized spacial score (nSPS) is 22.7. The van der Waals surface area contributed by atoms with Gasteiger partial charge in [-0.15, -0.1) is 11.3 Å². The van der Waals surface area contributed by atoms with Crippen LogP contribution in [0.2, 0.25) is 0 Å². The number of hydrogen-bond acceptors (Lipinski definition) is 3. The highest BCUT2D eigenvalue weighted by molar-refractivity contribution is 7.09. The standard InChI is InChI=1S/C14H20N2OS/c1-10(2)16(9-13-4-3-7-18-13)14(17)11-5-6-12(15)8-11/h3-7,10-12H,8-9,15H2,1-2H3. The Bertz CT molecular complexity index is 425. The first-order valence-corrected chi connectivity index (χ1v) is 7.22. The molecule has 0 radical (unpaired) electrons. The molecule has 1 aliphatic carbocycles. The topological polar surface area (TPSA) is 46.3 Å². The van der Waals surface area contributed by atoms with E-state index in [0.29, 0.717) is 6.54 Å². The molecule has 1 aromatic rings. The van der Waals surface area contributed by atoms with Crippen LogP contribution >= 0.6 is 11.3 Å². The van der Waals surface area contributed by atoms with E-state index in [1.807, 2.05) is 28.5 Å². The van der Waals surface area contributed by atoms with Crippen molar-refractivity contribution in [3.05, 3.63) is 34.5 Å². The molecule has 2 rings (SSSR count). The lowest BCUT2D eigenvalue weighted by Crippen LogP contribution is -2.40. The van der Waals surface area contributed by atoms with E-state index >= 15 is 0 Å². The molecule has 0 fully saturated rings. The van der Waals surface area contributed by atoms with Gasteiger partial charge in [0.1, 0.15) is 0 Å². The first-order chi connectivity index (χ1) is 8.58. The summed E-state index contributed by atoms with van der Waals surface area (Å²) in [5.74, 6) is 0.157. The predicted octanol–water partition coefficient (Wildman–Crippen LogP) is 2.39. The maximum atomic E-state index is 12.5. The van der Waals surface area contributed by atoms with Gasteiger partial charge >= 0.3 is 0 Å². The van der Waals surface area contributed by atoms with Gasteiger partial charge in [0.15, 0.2) is 0 Å². The highest BCUT2D eigenvalue weighted by Crippen LogP contribution is 2.22. The fourth-order valence-electron chi connectivity index (χ4n) is 2.21. The molecule has 98 valence electrons. The summed E-state index contributed by atoms with van der Waals surface area (Å²) >= 11 is 1.69. The van der Waals surface area contributed by atoms with Gasteiger partial charge < -0.3 is 10.6 Å². The zero-order chi connectivity index (χ0) is 13.1. The lowest BCUT2D eigenvalue weighted by atomic mass is 10.1. The Hall–Kier alpha value is -1.13. The van der Waals surface area contributed by atoms with Crippen LogP contribution in [0.3, 0.4) is 0 Å². The molecule has 3 nitrogen and oxygen atoms in total. The van der Waals surface area contributed by atoms with E-state index in [4.69, 9.17) is 5.73 Å². The Kier molecular flexibility index (Phi) is 4.19. The Morgan fingerprint density at radius 2 is 2.33 bits per heavy atom. The molecule has 1 heterocycles. The van der Waals surface area contributed by atoms with Crippen LogP contribution in [-0.4, -0.2) is 22.9 Å².